The van der Waals surface area contributed by atoms with E-state index in [1.807, 2.05) is 18.2 Å². The van der Waals surface area contributed by atoms with Gasteiger partial charge < -0.3 is 20.1 Å². The highest BCUT2D eigenvalue weighted by atomic mass is 32.1. The molecule has 0 atom stereocenters. The van der Waals surface area contributed by atoms with Crippen LogP contribution in [0.15, 0.2) is 28.4 Å². The molecule has 4 N–H and O–H groups in total. The van der Waals surface area contributed by atoms with Crippen molar-refractivity contribution >= 4 is 46.6 Å². The van der Waals surface area contributed by atoms with Gasteiger partial charge in [0.1, 0.15) is 5.71 Å². The summed E-state index contributed by atoms with van der Waals surface area (Å²) in [5, 5.41) is 14.6. The Labute approximate surface area is 144 Å². The third-order valence-corrected chi connectivity index (χ3v) is 3.34. The average Bonchev–Trinajstić information content (AvgIpc) is 3.04. The van der Waals surface area contributed by atoms with Gasteiger partial charge in [0.25, 0.3) is 0 Å². The molecule has 0 amide bonds. The number of rotatable bonds is 4. The lowest BCUT2D eigenvalue weighted by Crippen LogP contribution is -2.30. The van der Waals surface area contributed by atoms with Crippen molar-refractivity contribution in [2.75, 3.05) is 20.9 Å². The third kappa shape index (κ3) is 4.76. The third-order valence-electron chi connectivity index (χ3n) is 2.75. The molecule has 0 aliphatic carbocycles. The molecular weight excluding hydrogens is 336 g/mol. The normalized spacial score (nSPS) is 12.9. The smallest absolute Gasteiger partial charge is 0.231 e. The van der Waals surface area contributed by atoms with E-state index in [-0.39, 0.29) is 6.79 Å². The molecule has 2 rings (SSSR count). The molecule has 1 aliphatic rings. The Morgan fingerprint density at radius 2 is 1.78 bits per heavy atom. The lowest BCUT2D eigenvalue weighted by Gasteiger charge is -2.06. The Morgan fingerprint density at radius 1 is 1.09 bits per heavy atom. The zero-order chi connectivity index (χ0) is 16.7. The number of ether oxygens (including phenoxy) is 2. The quantitative estimate of drug-likeness (QED) is 0.349. The van der Waals surface area contributed by atoms with Crippen molar-refractivity contribution in [3.63, 3.8) is 0 Å². The highest BCUT2D eigenvalue weighted by Crippen LogP contribution is 2.32. The summed E-state index contributed by atoms with van der Waals surface area (Å²) in [6.45, 7) is 0.208. The number of nitrogens with zero attached hydrogens (tertiary/aromatic N) is 2. The molecule has 23 heavy (non-hydrogen) atoms. The Morgan fingerprint density at radius 3 is 2.52 bits per heavy atom. The van der Waals surface area contributed by atoms with Gasteiger partial charge in [0.15, 0.2) is 21.7 Å². The standard InChI is InChI=1S/C13H16N6O2S2/c1-14-12(22)18-16-6-9(17-19-13(23)15-2)8-3-4-10-11(5-8)21-7-20-10/h3-6H,7H2,1-2H3,(H2,14,18,22)(H2,15,19,23)/b16-6-,17-9-. The summed E-state index contributed by atoms with van der Waals surface area (Å²) < 4.78 is 10.7. The lowest BCUT2D eigenvalue weighted by molar-refractivity contribution is 0.174. The molecule has 0 saturated heterocycles. The van der Waals surface area contributed by atoms with Crippen LogP contribution in [0.2, 0.25) is 0 Å². The second-order valence-electron chi connectivity index (χ2n) is 4.21. The van der Waals surface area contributed by atoms with E-state index < -0.39 is 0 Å². The molecule has 0 radical (unpaired) electrons. The van der Waals surface area contributed by atoms with Crippen molar-refractivity contribution in [3.05, 3.63) is 23.8 Å². The second kappa shape index (κ2) is 8.25. The van der Waals surface area contributed by atoms with Gasteiger partial charge in [-0.2, -0.15) is 10.2 Å². The summed E-state index contributed by atoms with van der Waals surface area (Å²) >= 11 is 9.97. The lowest BCUT2D eigenvalue weighted by atomic mass is 10.1. The molecule has 0 aromatic heterocycles. The van der Waals surface area contributed by atoms with E-state index in [0.717, 1.165) is 5.56 Å². The fourth-order valence-electron chi connectivity index (χ4n) is 1.60. The maximum atomic E-state index is 5.37. The van der Waals surface area contributed by atoms with Crippen molar-refractivity contribution in [2.24, 2.45) is 10.2 Å². The van der Waals surface area contributed by atoms with Crippen LogP contribution in [0.5, 0.6) is 11.5 Å². The van der Waals surface area contributed by atoms with Gasteiger partial charge in [0.2, 0.25) is 6.79 Å². The number of hydrogen-bond acceptors (Lipinski definition) is 6. The van der Waals surface area contributed by atoms with Crippen molar-refractivity contribution < 1.29 is 9.47 Å². The van der Waals surface area contributed by atoms with Crippen LogP contribution in [0.25, 0.3) is 0 Å². The number of thiocarbonyl (C=S) groups is 2. The zero-order valence-corrected chi connectivity index (χ0v) is 14.2. The fraction of sp³-hybridized carbons (Fsp3) is 0.231. The van der Waals surface area contributed by atoms with Crippen LogP contribution in [-0.2, 0) is 0 Å². The van der Waals surface area contributed by atoms with E-state index >= 15 is 0 Å². The van der Waals surface area contributed by atoms with Crippen molar-refractivity contribution in [2.45, 2.75) is 0 Å². The zero-order valence-electron chi connectivity index (χ0n) is 12.5. The van der Waals surface area contributed by atoms with Crippen LogP contribution in [-0.4, -0.2) is 43.0 Å². The maximum Gasteiger partial charge on any atom is 0.231 e. The van der Waals surface area contributed by atoms with Crippen LogP contribution in [0.4, 0.5) is 0 Å². The molecule has 10 heteroatoms. The number of nitrogens with one attached hydrogen (secondary N) is 4. The van der Waals surface area contributed by atoms with Crippen LogP contribution < -0.4 is 31.0 Å². The van der Waals surface area contributed by atoms with Crippen molar-refractivity contribution in [1.82, 2.24) is 21.5 Å². The van der Waals surface area contributed by atoms with Gasteiger partial charge in [0.05, 0.1) is 6.21 Å². The molecule has 1 aromatic rings. The molecule has 1 heterocycles. The minimum absolute atomic E-state index is 0.208. The first-order valence-electron chi connectivity index (χ1n) is 6.60. The number of benzene rings is 1. The van der Waals surface area contributed by atoms with E-state index in [9.17, 15) is 0 Å². The highest BCUT2D eigenvalue weighted by molar-refractivity contribution is 7.80. The number of hydrazone groups is 2. The van der Waals surface area contributed by atoms with Gasteiger partial charge in [-0.25, -0.2) is 0 Å². The van der Waals surface area contributed by atoms with Crippen LogP contribution in [0.3, 0.4) is 0 Å². The Balaban J connectivity index is 2.21. The van der Waals surface area contributed by atoms with E-state index in [2.05, 4.69) is 31.7 Å². The topological polar surface area (TPSA) is 91.3 Å². The molecule has 1 aromatic carbocycles. The summed E-state index contributed by atoms with van der Waals surface area (Å²) in [7, 11) is 3.40. The van der Waals surface area contributed by atoms with Crippen LogP contribution in [0.1, 0.15) is 5.56 Å². The van der Waals surface area contributed by atoms with Gasteiger partial charge >= 0.3 is 0 Å². The van der Waals surface area contributed by atoms with Gasteiger partial charge in [0, 0.05) is 19.7 Å². The predicted octanol–water partition coefficient (Wildman–Crippen LogP) is 0.293. The Bertz CT molecular complexity index is 662. The molecular formula is C13H16N6O2S2. The van der Waals surface area contributed by atoms with Gasteiger partial charge in [-0.05, 0) is 42.6 Å². The first-order chi connectivity index (χ1) is 11.1. The van der Waals surface area contributed by atoms with Crippen molar-refractivity contribution in [3.8, 4) is 11.5 Å². The molecule has 0 bridgehead atoms. The predicted molar refractivity (Wildman–Crippen MR) is 97.2 cm³/mol. The van der Waals surface area contributed by atoms with E-state index in [1.54, 1.807) is 14.1 Å². The van der Waals surface area contributed by atoms with E-state index in [0.29, 0.717) is 27.4 Å². The van der Waals surface area contributed by atoms with E-state index in [1.165, 1.54) is 6.21 Å². The summed E-state index contributed by atoms with van der Waals surface area (Å²) in [4.78, 5) is 0. The average molecular weight is 352 g/mol. The van der Waals surface area contributed by atoms with Gasteiger partial charge in [-0.15, -0.1) is 0 Å². The van der Waals surface area contributed by atoms with Gasteiger partial charge in [-0.1, -0.05) is 0 Å². The highest BCUT2D eigenvalue weighted by Gasteiger charge is 2.15. The first kappa shape index (κ1) is 16.9. The molecule has 0 saturated carbocycles. The SMILES string of the molecule is CNC(=S)N/N=C\C(=N\NC(=S)NC)c1ccc2c(c1)OCO2. The summed E-state index contributed by atoms with van der Waals surface area (Å²) in [6.07, 6.45) is 1.52. The molecule has 1 aliphatic heterocycles. The molecule has 8 nitrogen and oxygen atoms in total. The Hall–Kier alpha value is -2.46. The monoisotopic (exact) mass is 352 g/mol. The fourth-order valence-corrected chi connectivity index (χ4v) is 1.70. The summed E-state index contributed by atoms with van der Waals surface area (Å²) in [5.41, 5.74) is 6.70. The van der Waals surface area contributed by atoms with Crippen LogP contribution in [0, 0.1) is 0 Å². The van der Waals surface area contributed by atoms with Crippen molar-refractivity contribution in [1.29, 1.82) is 0 Å². The van der Waals surface area contributed by atoms with E-state index in [4.69, 9.17) is 33.9 Å². The Kier molecular flexibility index (Phi) is 6.06. The number of fused-ring (bicyclic) bond motifs is 1. The first-order valence-corrected chi connectivity index (χ1v) is 7.42. The summed E-state index contributed by atoms with van der Waals surface area (Å²) in [6, 6.07) is 5.47. The minimum Gasteiger partial charge on any atom is -0.454 e. The molecule has 0 spiro atoms. The largest absolute Gasteiger partial charge is 0.454 e. The molecule has 0 fully saturated rings. The summed E-state index contributed by atoms with van der Waals surface area (Å²) in [5.74, 6) is 1.34. The molecule has 0 unspecified atom stereocenters. The van der Waals surface area contributed by atoms with Gasteiger partial charge in [-0.3, -0.25) is 10.9 Å². The molecule has 122 valence electrons. The second-order valence-corrected chi connectivity index (χ2v) is 5.02. The van der Waals surface area contributed by atoms with Crippen LogP contribution >= 0.6 is 24.4 Å². The minimum atomic E-state index is 0.208. The maximum absolute atomic E-state index is 5.37. The number of hydrogen-bond donors (Lipinski definition) is 4.